The summed E-state index contributed by atoms with van der Waals surface area (Å²) in [6, 6.07) is 0.427. The van der Waals surface area contributed by atoms with Gasteiger partial charge in [0.1, 0.15) is 11.1 Å². The lowest BCUT2D eigenvalue weighted by molar-refractivity contribution is -0.0134. The number of nitrogens with one attached hydrogen (secondary N) is 1. The second-order valence-electron chi connectivity index (χ2n) is 6.30. The predicted octanol–water partition coefficient (Wildman–Crippen LogP) is 3.86. The Morgan fingerprint density at radius 1 is 1.47 bits per heavy atom. The van der Waals surface area contributed by atoms with Crippen molar-refractivity contribution in [2.24, 2.45) is 5.41 Å². The molecule has 0 bridgehead atoms. The first-order valence-corrected chi connectivity index (χ1v) is 8.07. The SMILES string of the molecule is CCOC(c1nc2c(s1)CCCC2NC)C(C)(C)C. The third-order valence-corrected chi connectivity index (χ3v) is 4.84. The molecule has 0 aliphatic heterocycles. The molecular weight excluding hydrogens is 256 g/mol. The van der Waals surface area contributed by atoms with E-state index in [0.717, 1.165) is 11.6 Å². The molecule has 2 unspecified atom stereocenters. The van der Waals surface area contributed by atoms with Crippen molar-refractivity contribution in [3.8, 4) is 0 Å². The van der Waals surface area contributed by atoms with Crippen molar-refractivity contribution in [3.63, 3.8) is 0 Å². The largest absolute Gasteiger partial charge is 0.371 e. The predicted molar refractivity (Wildman–Crippen MR) is 80.7 cm³/mol. The third-order valence-electron chi connectivity index (χ3n) is 3.66. The van der Waals surface area contributed by atoms with E-state index in [4.69, 9.17) is 9.72 Å². The van der Waals surface area contributed by atoms with Crippen molar-refractivity contribution in [1.29, 1.82) is 0 Å². The molecule has 2 atom stereocenters. The highest BCUT2D eigenvalue weighted by Gasteiger charge is 2.32. The van der Waals surface area contributed by atoms with Gasteiger partial charge in [0.2, 0.25) is 0 Å². The number of fused-ring (bicyclic) bond motifs is 1. The van der Waals surface area contributed by atoms with Gasteiger partial charge in [-0.05, 0) is 38.6 Å². The molecule has 1 N–H and O–H groups in total. The molecule has 0 saturated carbocycles. The Labute approximate surface area is 120 Å². The number of aryl methyl sites for hydroxylation is 1. The lowest BCUT2D eigenvalue weighted by atomic mass is 9.89. The Hall–Kier alpha value is -0.450. The average molecular weight is 282 g/mol. The lowest BCUT2D eigenvalue weighted by Gasteiger charge is -2.28. The second-order valence-corrected chi connectivity index (χ2v) is 7.41. The minimum atomic E-state index is 0.0889. The molecule has 0 radical (unpaired) electrons. The highest BCUT2D eigenvalue weighted by atomic mass is 32.1. The smallest absolute Gasteiger partial charge is 0.123 e. The number of thiazole rings is 1. The normalized spacial score (nSPS) is 21.2. The molecule has 4 heteroatoms. The molecule has 0 spiro atoms. The van der Waals surface area contributed by atoms with Crippen LogP contribution in [-0.4, -0.2) is 18.6 Å². The van der Waals surface area contributed by atoms with Crippen LogP contribution in [0.15, 0.2) is 0 Å². The molecule has 1 aliphatic carbocycles. The topological polar surface area (TPSA) is 34.1 Å². The monoisotopic (exact) mass is 282 g/mol. The number of nitrogens with zero attached hydrogens (tertiary/aromatic N) is 1. The summed E-state index contributed by atoms with van der Waals surface area (Å²) in [7, 11) is 2.03. The van der Waals surface area contributed by atoms with Gasteiger partial charge in [0.25, 0.3) is 0 Å². The van der Waals surface area contributed by atoms with Crippen LogP contribution >= 0.6 is 11.3 Å². The zero-order chi connectivity index (χ0) is 14.0. The van der Waals surface area contributed by atoms with Gasteiger partial charge in [-0.25, -0.2) is 4.98 Å². The molecule has 0 fully saturated rings. The first kappa shape index (κ1) is 14.9. The maximum atomic E-state index is 5.97. The summed E-state index contributed by atoms with van der Waals surface area (Å²) in [5.74, 6) is 0. The molecule has 1 aliphatic rings. The number of rotatable bonds is 4. The molecule has 1 aromatic heterocycles. The van der Waals surface area contributed by atoms with E-state index < -0.39 is 0 Å². The van der Waals surface area contributed by atoms with Crippen LogP contribution in [0.25, 0.3) is 0 Å². The van der Waals surface area contributed by atoms with E-state index in [1.54, 1.807) is 0 Å². The summed E-state index contributed by atoms with van der Waals surface area (Å²) in [5.41, 5.74) is 1.36. The maximum Gasteiger partial charge on any atom is 0.123 e. The Balaban J connectivity index is 2.32. The summed E-state index contributed by atoms with van der Waals surface area (Å²) >= 11 is 1.85. The molecule has 0 saturated heterocycles. The van der Waals surface area contributed by atoms with Crippen LogP contribution in [-0.2, 0) is 11.2 Å². The van der Waals surface area contributed by atoms with Crippen molar-refractivity contribution in [1.82, 2.24) is 10.3 Å². The van der Waals surface area contributed by atoms with Gasteiger partial charge in [0.15, 0.2) is 0 Å². The molecule has 1 aromatic rings. The number of aromatic nitrogens is 1. The average Bonchev–Trinajstić information content (AvgIpc) is 2.77. The van der Waals surface area contributed by atoms with Gasteiger partial charge in [-0.2, -0.15) is 0 Å². The lowest BCUT2D eigenvalue weighted by Crippen LogP contribution is -2.23. The van der Waals surface area contributed by atoms with Crippen molar-refractivity contribution in [2.75, 3.05) is 13.7 Å². The standard InChI is InChI=1S/C15H26N2OS/c1-6-18-13(15(2,3)4)14-17-12-10(16-5)8-7-9-11(12)19-14/h10,13,16H,6-9H2,1-5H3. The van der Waals surface area contributed by atoms with Gasteiger partial charge in [-0.3, -0.25) is 0 Å². The summed E-state index contributed by atoms with van der Waals surface area (Å²) < 4.78 is 5.97. The number of hydrogen-bond acceptors (Lipinski definition) is 4. The Morgan fingerprint density at radius 3 is 2.79 bits per heavy atom. The van der Waals surface area contributed by atoms with Gasteiger partial charge in [-0.1, -0.05) is 20.8 Å². The molecule has 19 heavy (non-hydrogen) atoms. The first-order chi connectivity index (χ1) is 8.97. The van der Waals surface area contributed by atoms with Crippen molar-refractivity contribution in [3.05, 3.63) is 15.6 Å². The van der Waals surface area contributed by atoms with Gasteiger partial charge in [-0.15, -0.1) is 11.3 Å². The van der Waals surface area contributed by atoms with Crippen molar-refractivity contribution >= 4 is 11.3 Å². The molecule has 108 valence electrons. The summed E-state index contributed by atoms with van der Waals surface area (Å²) in [5, 5.41) is 4.54. The van der Waals surface area contributed by atoms with Gasteiger partial charge in [0, 0.05) is 11.5 Å². The van der Waals surface area contributed by atoms with E-state index in [1.807, 2.05) is 18.4 Å². The maximum absolute atomic E-state index is 5.97. The van der Waals surface area contributed by atoms with Crippen LogP contribution in [0.5, 0.6) is 0 Å². The van der Waals surface area contributed by atoms with Gasteiger partial charge < -0.3 is 10.1 Å². The zero-order valence-electron chi connectivity index (χ0n) is 12.7. The van der Waals surface area contributed by atoms with Crippen LogP contribution in [0, 0.1) is 5.41 Å². The van der Waals surface area contributed by atoms with Gasteiger partial charge in [0.05, 0.1) is 11.7 Å². The van der Waals surface area contributed by atoms with Crippen LogP contribution in [0.1, 0.15) is 68.3 Å². The second kappa shape index (κ2) is 5.90. The summed E-state index contributed by atoms with van der Waals surface area (Å²) in [6.07, 6.45) is 3.73. The fourth-order valence-electron chi connectivity index (χ4n) is 2.69. The summed E-state index contributed by atoms with van der Waals surface area (Å²) in [4.78, 5) is 6.37. The number of hydrogen-bond donors (Lipinski definition) is 1. The van der Waals surface area contributed by atoms with Gasteiger partial charge >= 0.3 is 0 Å². The van der Waals surface area contributed by atoms with E-state index in [1.165, 1.54) is 29.8 Å². The van der Waals surface area contributed by atoms with Crippen LogP contribution in [0.4, 0.5) is 0 Å². The Bertz CT molecular complexity index is 422. The highest BCUT2D eigenvalue weighted by molar-refractivity contribution is 7.11. The highest BCUT2D eigenvalue weighted by Crippen LogP contribution is 2.41. The molecule has 0 aromatic carbocycles. The Morgan fingerprint density at radius 2 is 2.21 bits per heavy atom. The van der Waals surface area contributed by atoms with E-state index >= 15 is 0 Å². The minimum Gasteiger partial charge on any atom is -0.371 e. The van der Waals surface area contributed by atoms with E-state index in [9.17, 15) is 0 Å². The molecule has 2 rings (SSSR count). The first-order valence-electron chi connectivity index (χ1n) is 7.25. The van der Waals surface area contributed by atoms with Crippen molar-refractivity contribution < 1.29 is 4.74 Å². The van der Waals surface area contributed by atoms with Crippen LogP contribution in [0.3, 0.4) is 0 Å². The number of ether oxygens (including phenoxy) is 1. The van der Waals surface area contributed by atoms with Crippen LogP contribution < -0.4 is 5.32 Å². The van der Waals surface area contributed by atoms with E-state index in [0.29, 0.717) is 6.04 Å². The Kier molecular flexibility index (Phi) is 4.64. The van der Waals surface area contributed by atoms with E-state index in [2.05, 4.69) is 33.0 Å². The minimum absolute atomic E-state index is 0.0889. The van der Waals surface area contributed by atoms with Crippen molar-refractivity contribution in [2.45, 2.75) is 59.1 Å². The fraction of sp³-hybridized carbons (Fsp3) is 0.800. The van der Waals surface area contributed by atoms with E-state index in [-0.39, 0.29) is 11.5 Å². The molecule has 3 nitrogen and oxygen atoms in total. The summed E-state index contributed by atoms with van der Waals surface area (Å²) in [6.45, 7) is 9.47. The molecular formula is C15H26N2OS. The quantitative estimate of drug-likeness (QED) is 0.910. The fourth-order valence-corrected chi connectivity index (χ4v) is 4.15. The third kappa shape index (κ3) is 3.18. The zero-order valence-corrected chi connectivity index (χ0v) is 13.6. The molecule has 0 amide bonds. The van der Waals surface area contributed by atoms with Crippen LogP contribution in [0.2, 0.25) is 0 Å². The molecule has 1 heterocycles.